The molecule has 0 unspecified atom stereocenters. The number of aliphatic hydroxyl groups excluding tert-OH is 1. The first-order valence-electron chi connectivity index (χ1n) is 7.49. The number of hydrogen-bond acceptors (Lipinski definition) is 3. The van der Waals surface area contributed by atoms with Gasteiger partial charge in [0, 0.05) is 37.8 Å². The molecule has 0 aliphatic carbocycles. The zero-order valence-electron chi connectivity index (χ0n) is 12.1. The van der Waals surface area contributed by atoms with Crippen LogP contribution < -0.4 is 5.32 Å². The number of para-hydroxylation sites is 1. The highest BCUT2D eigenvalue weighted by molar-refractivity contribution is 5.99. The molecule has 20 heavy (non-hydrogen) atoms. The van der Waals surface area contributed by atoms with Crippen molar-refractivity contribution < 1.29 is 9.90 Å². The maximum Gasteiger partial charge on any atom is 0.255 e. The van der Waals surface area contributed by atoms with Crippen LogP contribution in [-0.4, -0.2) is 42.2 Å². The molecule has 110 valence electrons. The van der Waals surface area contributed by atoms with Crippen LogP contribution >= 0.6 is 0 Å². The summed E-state index contributed by atoms with van der Waals surface area (Å²) in [5, 5.41) is 12.5. The number of amides is 1. The van der Waals surface area contributed by atoms with Crippen LogP contribution in [0.25, 0.3) is 0 Å². The van der Waals surface area contributed by atoms with Crippen LogP contribution in [0.2, 0.25) is 0 Å². The average Bonchev–Trinajstić information content (AvgIpc) is 2.96. The first-order valence-corrected chi connectivity index (χ1v) is 7.49. The van der Waals surface area contributed by atoms with Crippen molar-refractivity contribution in [1.29, 1.82) is 0 Å². The molecule has 4 heteroatoms. The van der Waals surface area contributed by atoms with Crippen LogP contribution in [0.3, 0.4) is 0 Å². The van der Waals surface area contributed by atoms with Gasteiger partial charge < -0.3 is 15.3 Å². The number of nitrogens with zero attached hydrogens (tertiary/aromatic N) is 1. The number of carbonyl (C=O) groups excluding carboxylic acids is 1. The summed E-state index contributed by atoms with van der Waals surface area (Å²) in [6, 6.07) is 7.69. The number of unbranched alkanes of at least 4 members (excludes halogenated alkanes) is 1. The van der Waals surface area contributed by atoms with Gasteiger partial charge >= 0.3 is 0 Å². The second kappa shape index (κ2) is 7.29. The number of anilines is 1. The number of hydrogen-bond donors (Lipinski definition) is 2. The van der Waals surface area contributed by atoms with Gasteiger partial charge in [0.25, 0.3) is 5.91 Å². The molecule has 0 spiro atoms. The second-order valence-electron chi connectivity index (χ2n) is 5.41. The van der Waals surface area contributed by atoms with Gasteiger partial charge in [-0.15, -0.1) is 0 Å². The van der Waals surface area contributed by atoms with Gasteiger partial charge in [-0.2, -0.15) is 0 Å². The van der Waals surface area contributed by atoms with Crippen molar-refractivity contribution in [2.45, 2.75) is 26.2 Å². The molecule has 1 atom stereocenters. The molecular formula is C16H24N2O2. The van der Waals surface area contributed by atoms with Crippen molar-refractivity contribution in [3.8, 4) is 0 Å². The van der Waals surface area contributed by atoms with Gasteiger partial charge in [0.2, 0.25) is 0 Å². The third-order valence-corrected chi connectivity index (χ3v) is 3.83. The Hall–Kier alpha value is -1.55. The van der Waals surface area contributed by atoms with Gasteiger partial charge in [0.1, 0.15) is 0 Å². The smallest absolute Gasteiger partial charge is 0.255 e. The van der Waals surface area contributed by atoms with Crippen LogP contribution in [0.5, 0.6) is 0 Å². The Balaban J connectivity index is 2.05. The third kappa shape index (κ3) is 3.51. The number of likely N-dealkylation sites (tertiary alicyclic amines) is 1. The monoisotopic (exact) mass is 276 g/mol. The minimum atomic E-state index is 0.0700. The molecule has 0 bridgehead atoms. The van der Waals surface area contributed by atoms with E-state index in [0.29, 0.717) is 6.54 Å². The van der Waals surface area contributed by atoms with Gasteiger partial charge in [0.15, 0.2) is 0 Å². The SMILES string of the molecule is CCCCNc1ccccc1C(=O)N1CC[C@@H](CO)C1. The summed E-state index contributed by atoms with van der Waals surface area (Å²) in [4.78, 5) is 14.4. The molecule has 1 aliphatic heterocycles. The van der Waals surface area contributed by atoms with Crippen LogP contribution in [-0.2, 0) is 0 Å². The topological polar surface area (TPSA) is 52.6 Å². The molecule has 4 nitrogen and oxygen atoms in total. The van der Waals surface area contributed by atoms with Crippen molar-refractivity contribution in [2.75, 3.05) is 31.6 Å². The van der Waals surface area contributed by atoms with Crippen LogP contribution in [0.4, 0.5) is 5.69 Å². The fourth-order valence-electron chi connectivity index (χ4n) is 2.56. The van der Waals surface area contributed by atoms with Gasteiger partial charge in [-0.3, -0.25) is 4.79 Å². The summed E-state index contributed by atoms with van der Waals surface area (Å²) in [5.41, 5.74) is 1.65. The highest BCUT2D eigenvalue weighted by atomic mass is 16.3. The number of nitrogens with one attached hydrogen (secondary N) is 1. The summed E-state index contributed by atoms with van der Waals surface area (Å²) in [6.45, 7) is 4.62. The van der Waals surface area contributed by atoms with Gasteiger partial charge in [-0.1, -0.05) is 25.5 Å². The first kappa shape index (κ1) is 14.9. The molecule has 1 saturated heterocycles. The van der Waals surface area contributed by atoms with Crippen molar-refractivity contribution in [3.05, 3.63) is 29.8 Å². The Bertz CT molecular complexity index is 448. The van der Waals surface area contributed by atoms with Crippen LogP contribution in [0.15, 0.2) is 24.3 Å². The summed E-state index contributed by atoms with van der Waals surface area (Å²) in [6.07, 6.45) is 3.12. The molecule has 1 aliphatic rings. The van der Waals surface area contributed by atoms with E-state index in [-0.39, 0.29) is 18.4 Å². The maximum absolute atomic E-state index is 12.6. The highest BCUT2D eigenvalue weighted by Gasteiger charge is 2.27. The first-order chi connectivity index (χ1) is 9.76. The predicted molar refractivity (Wildman–Crippen MR) is 80.9 cm³/mol. The molecule has 1 heterocycles. The van der Waals surface area contributed by atoms with E-state index in [1.54, 1.807) is 0 Å². The fraction of sp³-hybridized carbons (Fsp3) is 0.562. The minimum Gasteiger partial charge on any atom is -0.396 e. The van der Waals surface area contributed by atoms with Crippen molar-refractivity contribution in [1.82, 2.24) is 4.90 Å². The van der Waals surface area contributed by atoms with E-state index in [1.165, 1.54) is 0 Å². The Morgan fingerprint density at radius 1 is 1.45 bits per heavy atom. The Morgan fingerprint density at radius 2 is 2.25 bits per heavy atom. The molecule has 1 amide bonds. The molecule has 2 N–H and O–H groups in total. The number of benzene rings is 1. The Morgan fingerprint density at radius 3 is 2.95 bits per heavy atom. The minimum absolute atomic E-state index is 0.0700. The van der Waals surface area contributed by atoms with E-state index in [4.69, 9.17) is 0 Å². The van der Waals surface area contributed by atoms with E-state index in [1.807, 2.05) is 29.2 Å². The number of carbonyl (C=O) groups is 1. The van der Waals surface area contributed by atoms with E-state index in [0.717, 1.165) is 43.6 Å². The molecule has 1 aromatic rings. The second-order valence-corrected chi connectivity index (χ2v) is 5.41. The van der Waals surface area contributed by atoms with Crippen molar-refractivity contribution >= 4 is 11.6 Å². The fourth-order valence-corrected chi connectivity index (χ4v) is 2.56. The quantitative estimate of drug-likeness (QED) is 0.784. The van der Waals surface area contributed by atoms with E-state index in [9.17, 15) is 9.90 Å². The molecule has 1 fully saturated rings. The molecule has 2 rings (SSSR count). The molecular weight excluding hydrogens is 252 g/mol. The standard InChI is InChI=1S/C16H24N2O2/c1-2-3-9-17-15-7-5-4-6-14(15)16(20)18-10-8-13(11-18)12-19/h4-7,13,17,19H,2-3,8-12H2,1H3/t13-/m1/s1. The summed E-state index contributed by atoms with van der Waals surface area (Å²) >= 11 is 0. The van der Waals surface area contributed by atoms with Gasteiger partial charge in [0.05, 0.1) is 5.56 Å². The lowest BCUT2D eigenvalue weighted by atomic mass is 10.1. The van der Waals surface area contributed by atoms with Crippen molar-refractivity contribution in [2.24, 2.45) is 5.92 Å². The summed E-state index contributed by atoms with van der Waals surface area (Å²) < 4.78 is 0. The lowest BCUT2D eigenvalue weighted by Gasteiger charge is -2.19. The largest absolute Gasteiger partial charge is 0.396 e. The highest BCUT2D eigenvalue weighted by Crippen LogP contribution is 2.22. The normalized spacial score (nSPS) is 18.3. The lowest BCUT2D eigenvalue weighted by molar-refractivity contribution is 0.0783. The molecule has 0 saturated carbocycles. The molecule has 0 aromatic heterocycles. The lowest BCUT2D eigenvalue weighted by Crippen LogP contribution is -2.29. The maximum atomic E-state index is 12.6. The van der Waals surface area contributed by atoms with E-state index < -0.39 is 0 Å². The predicted octanol–water partition coefficient (Wildman–Crippen LogP) is 2.35. The van der Waals surface area contributed by atoms with E-state index in [2.05, 4.69) is 12.2 Å². The number of rotatable bonds is 6. The van der Waals surface area contributed by atoms with E-state index >= 15 is 0 Å². The van der Waals surface area contributed by atoms with Gasteiger partial charge in [-0.25, -0.2) is 0 Å². The van der Waals surface area contributed by atoms with Crippen molar-refractivity contribution in [3.63, 3.8) is 0 Å². The van der Waals surface area contributed by atoms with Crippen LogP contribution in [0, 0.1) is 5.92 Å². The third-order valence-electron chi connectivity index (χ3n) is 3.83. The van der Waals surface area contributed by atoms with Gasteiger partial charge in [-0.05, 0) is 25.0 Å². The zero-order chi connectivity index (χ0) is 14.4. The summed E-state index contributed by atoms with van der Waals surface area (Å²) in [7, 11) is 0. The Kier molecular flexibility index (Phi) is 5.41. The summed E-state index contributed by atoms with van der Waals surface area (Å²) in [5.74, 6) is 0.305. The molecule has 0 radical (unpaired) electrons. The number of aliphatic hydroxyl groups is 1. The van der Waals surface area contributed by atoms with Crippen LogP contribution in [0.1, 0.15) is 36.5 Å². The Labute approximate surface area is 120 Å². The average molecular weight is 276 g/mol. The zero-order valence-corrected chi connectivity index (χ0v) is 12.1. The molecule has 1 aromatic carbocycles.